The predicted molar refractivity (Wildman–Crippen MR) is 165 cm³/mol. The molecule has 1 aliphatic rings. The number of amidine groups is 2. The van der Waals surface area contributed by atoms with E-state index < -0.39 is 0 Å². The number of carbonyl (C=O) groups excluding carboxylic acids is 1. The summed E-state index contributed by atoms with van der Waals surface area (Å²) in [5.41, 5.74) is 10.3. The topological polar surface area (TPSA) is 114 Å². The minimum Gasteiger partial charge on any atom is -0.497 e. The Morgan fingerprint density at radius 3 is 2.46 bits per heavy atom. The minimum atomic E-state index is -0.384. The number of hydroxylamine groups is 1. The molecule has 4 N–H and O–H groups in total. The van der Waals surface area contributed by atoms with E-state index in [0.717, 1.165) is 19.6 Å². The van der Waals surface area contributed by atoms with Crippen LogP contribution in [0.25, 0.3) is 0 Å². The number of piperidine rings is 1. The third-order valence-electron chi connectivity index (χ3n) is 6.52. The monoisotopic (exact) mass is 576 g/mol. The molecule has 0 bridgehead atoms. The van der Waals surface area contributed by atoms with E-state index in [0.29, 0.717) is 33.5 Å². The second-order valence-electron chi connectivity index (χ2n) is 10.5. The number of nitrogens with one attached hydrogen (secondary N) is 2. The van der Waals surface area contributed by atoms with Crippen LogP contribution in [0.3, 0.4) is 0 Å². The van der Waals surface area contributed by atoms with Gasteiger partial charge in [0.15, 0.2) is 11.6 Å². The van der Waals surface area contributed by atoms with Gasteiger partial charge in [0.2, 0.25) is 5.84 Å². The standard InChI is InChI=1S/C31H37ClN6O3/c1-31(2,21-38-17-8-5-9-18-38)36-30(39)22-11-10-14-25(19-22)41-37-29(34-23-12-6-4-7-13-23)28(33)35-27-20-24(40-3)15-16-26(27)32/h4,6-7,10-16,19-20H,5,8-9,17-18,21H2,1-3H3,(H2,33,35)(H,34,37)(H,36,39). The first kappa shape index (κ1) is 29.9. The maximum atomic E-state index is 13.1. The van der Waals surface area contributed by atoms with E-state index >= 15 is 0 Å². The lowest BCUT2D eigenvalue weighted by atomic mass is 10.0. The van der Waals surface area contributed by atoms with Crippen molar-refractivity contribution in [3.8, 4) is 11.5 Å². The normalized spacial score (nSPS) is 14.8. The highest BCUT2D eigenvalue weighted by Gasteiger charge is 2.25. The van der Waals surface area contributed by atoms with Crippen molar-refractivity contribution < 1.29 is 14.4 Å². The Morgan fingerprint density at radius 1 is 0.976 bits per heavy atom. The molecule has 0 spiro atoms. The molecule has 0 radical (unpaired) electrons. The number of amides is 1. The SMILES string of the molecule is COc1ccc(Cl)c(N=C(N)C(=Nc2ccccc2)NOc2cccc(C(=O)NC(C)(C)CN3CCCCC3)c2)c1. The molecule has 1 saturated heterocycles. The second kappa shape index (κ2) is 14.0. The van der Waals surface area contributed by atoms with Crippen molar-refractivity contribution in [3.63, 3.8) is 0 Å². The summed E-state index contributed by atoms with van der Waals surface area (Å²) in [4.78, 5) is 30.4. The summed E-state index contributed by atoms with van der Waals surface area (Å²) in [5, 5.41) is 3.56. The molecule has 41 heavy (non-hydrogen) atoms. The summed E-state index contributed by atoms with van der Waals surface area (Å²) >= 11 is 6.33. The number of hydrogen-bond acceptors (Lipinski definition) is 6. The van der Waals surface area contributed by atoms with Crippen LogP contribution in [-0.4, -0.2) is 54.8 Å². The molecule has 4 rings (SSSR count). The predicted octanol–water partition coefficient (Wildman–Crippen LogP) is 5.65. The van der Waals surface area contributed by atoms with Gasteiger partial charge in [-0.15, -0.1) is 0 Å². The van der Waals surface area contributed by atoms with Crippen LogP contribution in [0.2, 0.25) is 5.02 Å². The lowest BCUT2D eigenvalue weighted by Gasteiger charge is -2.35. The van der Waals surface area contributed by atoms with Crippen molar-refractivity contribution in [1.29, 1.82) is 0 Å². The van der Waals surface area contributed by atoms with E-state index in [-0.39, 0.29) is 23.1 Å². The minimum absolute atomic E-state index is 0.0392. The number of likely N-dealkylation sites (tertiary alicyclic amines) is 1. The molecule has 0 saturated carbocycles. The van der Waals surface area contributed by atoms with Gasteiger partial charge in [0.25, 0.3) is 5.91 Å². The van der Waals surface area contributed by atoms with Gasteiger partial charge in [-0.3, -0.25) is 4.79 Å². The first-order chi connectivity index (χ1) is 19.7. The molecular formula is C31H37ClN6O3. The lowest BCUT2D eigenvalue weighted by Crippen LogP contribution is -2.52. The number of nitrogens with zero attached hydrogens (tertiary/aromatic N) is 3. The molecular weight excluding hydrogens is 540 g/mol. The molecule has 3 aromatic carbocycles. The Hall–Kier alpha value is -4.08. The Bertz CT molecular complexity index is 1390. The van der Waals surface area contributed by atoms with E-state index in [1.165, 1.54) is 19.3 Å². The van der Waals surface area contributed by atoms with Crippen LogP contribution in [0.5, 0.6) is 11.5 Å². The molecule has 216 valence electrons. The largest absolute Gasteiger partial charge is 0.497 e. The molecule has 9 nitrogen and oxygen atoms in total. The average molecular weight is 577 g/mol. The summed E-state index contributed by atoms with van der Waals surface area (Å²) in [6.45, 7) is 7.02. The highest BCUT2D eigenvalue weighted by Crippen LogP contribution is 2.29. The van der Waals surface area contributed by atoms with Gasteiger partial charge in [-0.2, -0.15) is 0 Å². The molecule has 10 heteroatoms. The van der Waals surface area contributed by atoms with Gasteiger partial charge in [-0.1, -0.05) is 42.3 Å². The van der Waals surface area contributed by atoms with Gasteiger partial charge in [0, 0.05) is 23.7 Å². The van der Waals surface area contributed by atoms with Crippen LogP contribution in [0, 0.1) is 0 Å². The number of hydrogen-bond donors (Lipinski definition) is 3. The number of aliphatic imine (C=N–C) groups is 2. The van der Waals surface area contributed by atoms with Gasteiger partial charge >= 0.3 is 0 Å². The maximum absolute atomic E-state index is 13.1. The van der Waals surface area contributed by atoms with Crippen molar-refractivity contribution in [2.45, 2.75) is 38.6 Å². The Morgan fingerprint density at radius 2 is 1.73 bits per heavy atom. The number of halogens is 1. The van der Waals surface area contributed by atoms with E-state index in [2.05, 4.69) is 25.7 Å². The van der Waals surface area contributed by atoms with Crippen LogP contribution in [0.4, 0.5) is 11.4 Å². The maximum Gasteiger partial charge on any atom is 0.251 e. The van der Waals surface area contributed by atoms with Crippen molar-refractivity contribution in [3.05, 3.63) is 83.4 Å². The van der Waals surface area contributed by atoms with Crippen molar-refractivity contribution >= 4 is 40.6 Å². The van der Waals surface area contributed by atoms with Crippen molar-refractivity contribution in [2.75, 3.05) is 26.7 Å². The van der Waals surface area contributed by atoms with Crippen LogP contribution in [-0.2, 0) is 0 Å². The molecule has 0 unspecified atom stereocenters. The number of rotatable bonds is 9. The molecule has 3 aromatic rings. The first-order valence-corrected chi connectivity index (χ1v) is 14.0. The quantitative estimate of drug-likeness (QED) is 0.172. The van der Waals surface area contributed by atoms with Gasteiger partial charge in [0.05, 0.1) is 23.5 Å². The average Bonchev–Trinajstić information content (AvgIpc) is 2.97. The number of ether oxygens (including phenoxy) is 1. The Labute approximate surface area is 246 Å². The van der Waals surface area contributed by atoms with Crippen LogP contribution >= 0.6 is 11.6 Å². The van der Waals surface area contributed by atoms with Crippen LogP contribution in [0.15, 0.2) is 82.8 Å². The number of benzene rings is 3. The smallest absolute Gasteiger partial charge is 0.251 e. The third kappa shape index (κ3) is 8.96. The van der Waals surface area contributed by atoms with E-state index in [1.807, 2.05) is 44.2 Å². The molecule has 1 aliphatic heterocycles. The highest BCUT2D eigenvalue weighted by molar-refractivity contribution is 6.41. The lowest BCUT2D eigenvalue weighted by molar-refractivity contribution is 0.0877. The summed E-state index contributed by atoms with van der Waals surface area (Å²) in [7, 11) is 1.56. The van der Waals surface area contributed by atoms with E-state index in [1.54, 1.807) is 49.6 Å². The van der Waals surface area contributed by atoms with Gasteiger partial charge in [-0.25, -0.2) is 15.5 Å². The molecule has 1 heterocycles. The summed E-state index contributed by atoms with van der Waals surface area (Å²) in [5.74, 6) is 1.01. The second-order valence-corrected chi connectivity index (χ2v) is 10.9. The first-order valence-electron chi connectivity index (χ1n) is 13.6. The fourth-order valence-corrected chi connectivity index (χ4v) is 4.72. The van der Waals surface area contributed by atoms with E-state index in [4.69, 9.17) is 26.9 Å². The summed E-state index contributed by atoms with van der Waals surface area (Å²) < 4.78 is 5.28. The zero-order chi connectivity index (χ0) is 29.2. The molecule has 1 fully saturated rings. The summed E-state index contributed by atoms with van der Waals surface area (Å²) in [6, 6.07) is 21.2. The van der Waals surface area contributed by atoms with Gasteiger partial charge < -0.3 is 25.5 Å². The Kier molecular flexibility index (Phi) is 10.2. The Balaban J connectivity index is 1.49. The van der Waals surface area contributed by atoms with Crippen LogP contribution in [0.1, 0.15) is 43.5 Å². The number of nitrogens with two attached hydrogens (primary N) is 1. The highest BCUT2D eigenvalue weighted by atomic mass is 35.5. The van der Waals surface area contributed by atoms with Gasteiger partial charge in [0.1, 0.15) is 5.75 Å². The number of methoxy groups -OCH3 is 1. The number of carbonyl (C=O) groups is 1. The van der Waals surface area contributed by atoms with Crippen molar-refractivity contribution in [1.82, 2.24) is 15.7 Å². The van der Waals surface area contributed by atoms with Crippen molar-refractivity contribution in [2.24, 2.45) is 15.7 Å². The molecule has 0 aliphatic carbocycles. The van der Waals surface area contributed by atoms with Crippen LogP contribution < -0.4 is 26.1 Å². The summed E-state index contributed by atoms with van der Waals surface area (Å²) in [6.07, 6.45) is 3.68. The van der Waals surface area contributed by atoms with E-state index in [9.17, 15) is 4.79 Å². The molecule has 0 atom stereocenters. The third-order valence-corrected chi connectivity index (χ3v) is 6.83. The zero-order valence-electron chi connectivity index (χ0n) is 23.7. The fraction of sp³-hybridized carbons (Fsp3) is 0.323. The van der Waals surface area contributed by atoms with Gasteiger partial charge in [-0.05, 0) is 82.2 Å². The molecule has 0 aromatic heterocycles. The fourth-order valence-electron chi connectivity index (χ4n) is 4.56. The zero-order valence-corrected chi connectivity index (χ0v) is 24.4. The number of para-hydroxylation sites is 1. The molecule has 1 amide bonds.